The lowest BCUT2D eigenvalue weighted by molar-refractivity contribution is 0.0697. The monoisotopic (exact) mass is 227 g/mol. The summed E-state index contributed by atoms with van der Waals surface area (Å²) >= 11 is 6.01. The van der Waals surface area contributed by atoms with Crippen molar-refractivity contribution in [3.05, 3.63) is 28.3 Å². The van der Waals surface area contributed by atoms with Crippen LogP contribution in [0.1, 0.15) is 42.1 Å². The Hall–Kier alpha value is -1.22. The molecule has 0 saturated heterocycles. The summed E-state index contributed by atoms with van der Waals surface area (Å²) in [6.45, 7) is 4.05. The Bertz CT molecular complexity index is 367. The van der Waals surface area contributed by atoms with Gasteiger partial charge in [-0.25, -0.2) is 4.79 Å². The summed E-state index contributed by atoms with van der Waals surface area (Å²) in [4.78, 5) is 10.7. The maximum atomic E-state index is 10.7. The number of carboxylic acid groups (broad SMARTS) is 1. The molecule has 0 spiro atoms. The molecule has 1 unspecified atom stereocenters. The third-order valence-electron chi connectivity index (χ3n) is 2.51. The average molecular weight is 228 g/mol. The molecule has 82 valence electrons. The Balaban J connectivity index is 3.27. The highest BCUT2D eigenvalue weighted by atomic mass is 35.5. The predicted octanol–water partition coefficient (Wildman–Crippen LogP) is 3.13. The molecule has 0 radical (unpaired) electrons. The maximum Gasteiger partial charge on any atom is 0.335 e. The number of hydrogen-bond donors (Lipinski definition) is 2. The van der Waals surface area contributed by atoms with Gasteiger partial charge in [0, 0.05) is 10.7 Å². The van der Waals surface area contributed by atoms with Crippen molar-refractivity contribution in [2.75, 3.05) is 5.73 Å². The number of benzene rings is 1. The summed E-state index contributed by atoms with van der Waals surface area (Å²) in [6, 6.07) is 2.90. The van der Waals surface area contributed by atoms with Crippen LogP contribution in [0.2, 0.25) is 5.02 Å². The zero-order chi connectivity index (χ0) is 11.6. The van der Waals surface area contributed by atoms with Crippen LogP contribution < -0.4 is 5.73 Å². The van der Waals surface area contributed by atoms with E-state index in [9.17, 15) is 4.79 Å². The summed E-state index contributed by atoms with van der Waals surface area (Å²) in [5.74, 6) is -0.778. The van der Waals surface area contributed by atoms with Crippen LogP contribution in [0.5, 0.6) is 0 Å². The van der Waals surface area contributed by atoms with Gasteiger partial charge in [0.2, 0.25) is 0 Å². The van der Waals surface area contributed by atoms with Crippen LogP contribution in [0, 0.1) is 0 Å². The van der Waals surface area contributed by atoms with E-state index in [-0.39, 0.29) is 11.5 Å². The van der Waals surface area contributed by atoms with Crippen molar-refractivity contribution < 1.29 is 9.90 Å². The van der Waals surface area contributed by atoms with Gasteiger partial charge in [0.1, 0.15) is 0 Å². The molecule has 0 aliphatic carbocycles. The lowest BCUT2D eigenvalue weighted by Crippen LogP contribution is -2.04. The molecule has 0 saturated carbocycles. The van der Waals surface area contributed by atoms with Gasteiger partial charge in [-0.2, -0.15) is 0 Å². The van der Waals surface area contributed by atoms with Crippen LogP contribution in [-0.2, 0) is 0 Å². The van der Waals surface area contributed by atoms with Crippen LogP contribution in [0.4, 0.5) is 5.69 Å². The molecule has 3 nitrogen and oxygen atoms in total. The van der Waals surface area contributed by atoms with E-state index < -0.39 is 5.97 Å². The Morgan fingerprint density at radius 2 is 2.20 bits per heavy atom. The summed E-state index contributed by atoms with van der Waals surface area (Å²) in [5, 5.41) is 9.24. The number of hydrogen-bond acceptors (Lipinski definition) is 2. The fourth-order valence-electron chi connectivity index (χ4n) is 1.49. The van der Waals surface area contributed by atoms with Crippen LogP contribution in [-0.4, -0.2) is 11.1 Å². The highest BCUT2D eigenvalue weighted by molar-refractivity contribution is 6.32. The summed E-state index contributed by atoms with van der Waals surface area (Å²) in [6.07, 6.45) is 0.913. The van der Waals surface area contributed by atoms with Crippen LogP contribution in [0.15, 0.2) is 12.1 Å². The molecule has 0 bridgehead atoms. The van der Waals surface area contributed by atoms with Gasteiger partial charge in [0.25, 0.3) is 0 Å². The third-order valence-corrected chi connectivity index (χ3v) is 2.83. The second kappa shape index (κ2) is 4.53. The number of anilines is 1. The molecular weight excluding hydrogens is 214 g/mol. The Labute approximate surface area is 93.9 Å². The highest BCUT2D eigenvalue weighted by Crippen LogP contribution is 2.32. The van der Waals surface area contributed by atoms with Crippen LogP contribution >= 0.6 is 11.6 Å². The number of nitrogens with two attached hydrogens (primary N) is 1. The third kappa shape index (κ3) is 2.42. The van der Waals surface area contributed by atoms with Gasteiger partial charge in [0.05, 0.1) is 5.56 Å². The van der Waals surface area contributed by atoms with Crippen LogP contribution in [0.25, 0.3) is 0 Å². The van der Waals surface area contributed by atoms with Gasteiger partial charge in [-0.15, -0.1) is 0 Å². The Morgan fingerprint density at radius 3 is 2.60 bits per heavy atom. The first-order valence-electron chi connectivity index (χ1n) is 4.79. The number of rotatable bonds is 3. The lowest BCUT2D eigenvalue weighted by Gasteiger charge is -2.14. The molecule has 4 heteroatoms. The maximum absolute atomic E-state index is 10.7. The van der Waals surface area contributed by atoms with E-state index in [1.165, 1.54) is 12.1 Å². The second-order valence-electron chi connectivity index (χ2n) is 3.58. The van der Waals surface area contributed by atoms with Gasteiger partial charge >= 0.3 is 5.97 Å². The highest BCUT2D eigenvalue weighted by Gasteiger charge is 2.15. The molecule has 3 N–H and O–H groups in total. The summed E-state index contributed by atoms with van der Waals surface area (Å²) in [5.41, 5.74) is 7.21. The molecule has 0 aliphatic heterocycles. The van der Waals surface area contributed by atoms with Gasteiger partial charge < -0.3 is 10.8 Å². The van der Waals surface area contributed by atoms with Crippen molar-refractivity contribution in [3.63, 3.8) is 0 Å². The molecule has 0 aromatic heterocycles. The van der Waals surface area contributed by atoms with Crippen molar-refractivity contribution in [2.45, 2.75) is 26.2 Å². The zero-order valence-corrected chi connectivity index (χ0v) is 9.51. The van der Waals surface area contributed by atoms with E-state index in [0.717, 1.165) is 12.0 Å². The van der Waals surface area contributed by atoms with E-state index >= 15 is 0 Å². The first kappa shape index (κ1) is 11.9. The fourth-order valence-corrected chi connectivity index (χ4v) is 1.90. The molecule has 0 aliphatic rings. The Kier molecular flexibility index (Phi) is 3.58. The van der Waals surface area contributed by atoms with Crippen LogP contribution in [0.3, 0.4) is 0 Å². The van der Waals surface area contributed by atoms with Gasteiger partial charge in [-0.3, -0.25) is 0 Å². The standard InChI is InChI=1S/C11H14ClNO2/c1-3-6(2)10-8(12)4-7(11(14)15)5-9(10)13/h4-6H,3,13H2,1-2H3,(H,14,15). The number of carboxylic acids is 1. The summed E-state index contributed by atoms with van der Waals surface area (Å²) < 4.78 is 0. The molecule has 15 heavy (non-hydrogen) atoms. The molecule has 0 heterocycles. The number of aromatic carboxylic acids is 1. The Morgan fingerprint density at radius 1 is 1.60 bits per heavy atom. The minimum atomic E-state index is -1.01. The predicted molar refractivity (Wildman–Crippen MR) is 61.5 cm³/mol. The van der Waals surface area contributed by atoms with E-state index in [2.05, 4.69) is 0 Å². The first-order valence-corrected chi connectivity index (χ1v) is 5.17. The quantitative estimate of drug-likeness (QED) is 0.780. The molecule has 0 amide bonds. The summed E-state index contributed by atoms with van der Waals surface area (Å²) in [7, 11) is 0. The van der Waals surface area contributed by atoms with E-state index in [1.807, 2.05) is 13.8 Å². The van der Waals surface area contributed by atoms with E-state index in [1.54, 1.807) is 0 Å². The molecule has 1 rings (SSSR count). The average Bonchev–Trinajstić information content (AvgIpc) is 2.16. The second-order valence-corrected chi connectivity index (χ2v) is 3.98. The normalized spacial score (nSPS) is 12.5. The minimum absolute atomic E-state index is 0.129. The van der Waals surface area contributed by atoms with Crippen molar-refractivity contribution in [1.82, 2.24) is 0 Å². The molecule has 1 aromatic carbocycles. The lowest BCUT2D eigenvalue weighted by atomic mass is 9.95. The van der Waals surface area contributed by atoms with Crippen molar-refractivity contribution >= 4 is 23.3 Å². The van der Waals surface area contributed by atoms with Crippen molar-refractivity contribution in [2.24, 2.45) is 0 Å². The van der Waals surface area contributed by atoms with E-state index in [4.69, 9.17) is 22.4 Å². The fraction of sp³-hybridized carbons (Fsp3) is 0.364. The molecule has 0 fully saturated rings. The SMILES string of the molecule is CCC(C)c1c(N)cc(C(=O)O)cc1Cl. The topological polar surface area (TPSA) is 63.3 Å². The minimum Gasteiger partial charge on any atom is -0.478 e. The van der Waals surface area contributed by atoms with Gasteiger partial charge in [-0.05, 0) is 30.0 Å². The number of nitrogen functional groups attached to an aromatic ring is 1. The molecule has 1 atom stereocenters. The van der Waals surface area contributed by atoms with Crippen molar-refractivity contribution in [1.29, 1.82) is 0 Å². The number of halogens is 1. The van der Waals surface area contributed by atoms with E-state index in [0.29, 0.717) is 10.7 Å². The molecular formula is C11H14ClNO2. The van der Waals surface area contributed by atoms with Crippen molar-refractivity contribution in [3.8, 4) is 0 Å². The smallest absolute Gasteiger partial charge is 0.335 e. The first-order chi connectivity index (χ1) is 6.97. The van der Waals surface area contributed by atoms with Gasteiger partial charge in [-0.1, -0.05) is 25.4 Å². The largest absolute Gasteiger partial charge is 0.478 e. The van der Waals surface area contributed by atoms with Gasteiger partial charge in [0.15, 0.2) is 0 Å². The zero-order valence-electron chi connectivity index (χ0n) is 8.75. The number of carbonyl (C=O) groups is 1. The molecule has 1 aromatic rings.